The molecule has 0 amide bonds. The molecular formula is C16H12F2N2OS. The average Bonchev–Trinajstić information content (AvgIpc) is 2.91. The SMILES string of the molecule is Cc1cn2c(/C=C/C(=O)c3ccc(F)cc3F)c(C)nc2s1. The molecule has 3 rings (SSSR count). The summed E-state index contributed by atoms with van der Waals surface area (Å²) in [5.41, 5.74) is 1.41. The molecule has 0 aliphatic rings. The van der Waals surface area contributed by atoms with E-state index in [0.29, 0.717) is 6.07 Å². The minimum atomic E-state index is -0.865. The van der Waals surface area contributed by atoms with Crippen molar-refractivity contribution in [2.75, 3.05) is 0 Å². The molecule has 0 aliphatic heterocycles. The van der Waals surface area contributed by atoms with Crippen LogP contribution < -0.4 is 0 Å². The fourth-order valence-corrected chi connectivity index (χ4v) is 3.09. The highest BCUT2D eigenvalue weighted by Gasteiger charge is 2.12. The molecular weight excluding hydrogens is 306 g/mol. The molecule has 2 heterocycles. The van der Waals surface area contributed by atoms with Crippen LogP contribution in [0.5, 0.6) is 0 Å². The number of benzene rings is 1. The summed E-state index contributed by atoms with van der Waals surface area (Å²) >= 11 is 1.55. The maximum absolute atomic E-state index is 13.6. The molecule has 0 saturated heterocycles. The Morgan fingerprint density at radius 3 is 2.82 bits per heavy atom. The van der Waals surface area contributed by atoms with Gasteiger partial charge in [0.15, 0.2) is 10.7 Å². The van der Waals surface area contributed by atoms with Gasteiger partial charge in [-0.05, 0) is 38.1 Å². The third-order valence-electron chi connectivity index (χ3n) is 3.25. The second-order valence-electron chi connectivity index (χ2n) is 4.90. The van der Waals surface area contributed by atoms with Gasteiger partial charge in [-0.25, -0.2) is 13.8 Å². The third kappa shape index (κ3) is 2.57. The monoisotopic (exact) mass is 318 g/mol. The fourth-order valence-electron chi connectivity index (χ4n) is 2.22. The van der Waals surface area contributed by atoms with E-state index in [4.69, 9.17) is 0 Å². The van der Waals surface area contributed by atoms with Crippen LogP contribution in [0.2, 0.25) is 0 Å². The molecule has 3 nitrogen and oxygen atoms in total. The van der Waals surface area contributed by atoms with E-state index in [1.54, 1.807) is 17.4 Å². The first-order valence-corrected chi connectivity index (χ1v) is 7.40. The summed E-state index contributed by atoms with van der Waals surface area (Å²) in [6.07, 6.45) is 4.81. The van der Waals surface area contributed by atoms with Gasteiger partial charge in [-0.3, -0.25) is 9.20 Å². The van der Waals surface area contributed by atoms with E-state index in [2.05, 4.69) is 4.98 Å². The molecule has 0 radical (unpaired) electrons. The predicted molar refractivity (Wildman–Crippen MR) is 82.3 cm³/mol. The largest absolute Gasteiger partial charge is 0.290 e. The molecule has 0 bridgehead atoms. The molecule has 1 aromatic carbocycles. The summed E-state index contributed by atoms with van der Waals surface area (Å²) in [6, 6.07) is 2.91. The number of carbonyl (C=O) groups is 1. The number of imidazole rings is 1. The summed E-state index contributed by atoms with van der Waals surface area (Å²) in [4.78, 5) is 18.4. The Labute approximate surface area is 129 Å². The van der Waals surface area contributed by atoms with Crippen molar-refractivity contribution in [3.8, 4) is 0 Å². The molecule has 0 spiro atoms. The molecule has 22 heavy (non-hydrogen) atoms. The number of hydrogen-bond acceptors (Lipinski definition) is 3. The number of allylic oxidation sites excluding steroid dienone is 1. The molecule has 0 atom stereocenters. The van der Waals surface area contributed by atoms with Crippen LogP contribution in [-0.2, 0) is 0 Å². The van der Waals surface area contributed by atoms with Crippen LogP contribution in [-0.4, -0.2) is 15.2 Å². The van der Waals surface area contributed by atoms with Crippen LogP contribution in [0.3, 0.4) is 0 Å². The van der Waals surface area contributed by atoms with Crippen LogP contribution >= 0.6 is 11.3 Å². The number of rotatable bonds is 3. The van der Waals surface area contributed by atoms with Crippen molar-refractivity contribution in [1.29, 1.82) is 0 Å². The van der Waals surface area contributed by atoms with Crippen molar-refractivity contribution in [3.63, 3.8) is 0 Å². The zero-order valence-electron chi connectivity index (χ0n) is 11.9. The third-order valence-corrected chi connectivity index (χ3v) is 4.15. The van der Waals surface area contributed by atoms with Crippen LogP contribution in [0.25, 0.3) is 11.0 Å². The molecule has 0 N–H and O–H groups in total. The minimum Gasteiger partial charge on any atom is -0.290 e. The summed E-state index contributed by atoms with van der Waals surface area (Å²) in [7, 11) is 0. The minimum absolute atomic E-state index is 0.155. The zero-order chi connectivity index (χ0) is 15.9. The Kier molecular flexibility index (Phi) is 3.62. The molecule has 2 aromatic heterocycles. The first-order chi connectivity index (χ1) is 10.5. The predicted octanol–water partition coefficient (Wildman–Crippen LogP) is 4.19. The van der Waals surface area contributed by atoms with Gasteiger partial charge in [-0.2, -0.15) is 0 Å². The maximum Gasteiger partial charge on any atom is 0.194 e. The Morgan fingerprint density at radius 2 is 2.09 bits per heavy atom. The summed E-state index contributed by atoms with van der Waals surface area (Å²) in [5, 5.41) is 0. The lowest BCUT2D eigenvalue weighted by atomic mass is 10.1. The van der Waals surface area contributed by atoms with E-state index < -0.39 is 17.4 Å². The van der Waals surface area contributed by atoms with Crippen molar-refractivity contribution in [2.45, 2.75) is 13.8 Å². The summed E-state index contributed by atoms with van der Waals surface area (Å²) in [5.74, 6) is -2.09. The lowest BCUT2D eigenvalue weighted by Gasteiger charge is -1.98. The standard InChI is InChI=1S/C16H12F2N2OS/c1-9-8-20-14(10(2)19-16(20)22-9)5-6-15(21)12-4-3-11(17)7-13(12)18/h3-8H,1-2H3/b6-5+. The smallest absolute Gasteiger partial charge is 0.194 e. The number of hydrogen-bond donors (Lipinski definition) is 0. The highest BCUT2D eigenvalue weighted by molar-refractivity contribution is 7.17. The average molecular weight is 318 g/mol. The van der Waals surface area contributed by atoms with E-state index in [9.17, 15) is 13.6 Å². The van der Waals surface area contributed by atoms with E-state index in [0.717, 1.165) is 33.4 Å². The normalized spacial score (nSPS) is 11.6. The number of thiazole rings is 1. The van der Waals surface area contributed by atoms with Gasteiger partial charge in [0.2, 0.25) is 0 Å². The fraction of sp³-hybridized carbons (Fsp3) is 0.125. The highest BCUT2D eigenvalue weighted by Crippen LogP contribution is 2.22. The number of carbonyl (C=O) groups excluding carboxylic acids is 1. The van der Waals surface area contributed by atoms with E-state index in [1.165, 1.54) is 6.08 Å². The highest BCUT2D eigenvalue weighted by atomic mass is 32.1. The van der Waals surface area contributed by atoms with Gasteiger partial charge in [0.1, 0.15) is 11.6 Å². The Bertz CT molecular complexity index is 908. The summed E-state index contributed by atoms with van der Waals surface area (Å²) < 4.78 is 28.4. The van der Waals surface area contributed by atoms with Crippen LogP contribution in [0, 0.1) is 25.5 Å². The Morgan fingerprint density at radius 1 is 1.32 bits per heavy atom. The van der Waals surface area contributed by atoms with Crippen LogP contribution in [0.15, 0.2) is 30.5 Å². The van der Waals surface area contributed by atoms with Crippen molar-refractivity contribution in [1.82, 2.24) is 9.38 Å². The van der Waals surface area contributed by atoms with E-state index >= 15 is 0 Å². The molecule has 0 fully saturated rings. The molecule has 112 valence electrons. The lowest BCUT2D eigenvalue weighted by Crippen LogP contribution is -1.99. The quantitative estimate of drug-likeness (QED) is 0.536. The topological polar surface area (TPSA) is 34.4 Å². The van der Waals surface area contributed by atoms with Crippen molar-refractivity contribution in [2.24, 2.45) is 0 Å². The van der Waals surface area contributed by atoms with Gasteiger partial charge < -0.3 is 0 Å². The number of fused-ring (bicyclic) bond motifs is 1. The molecule has 6 heteroatoms. The van der Waals surface area contributed by atoms with E-state index in [-0.39, 0.29) is 5.56 Å². The Balaban J connectivity index is 1.95. The van der Waals surface area contributed by atoms with Crippen LogP contribution in [0.1, 0.15) is 26.6 Å². The number of aryl methyl sites for hydroxylation is 2. The van der Waals surface area contributed by atoms with Gasteiger partial charge in [-0.1, -0.05) is 0 Å². The van der Waals surface area contributed by atoms with Gasteiger partial charge in [-0.15, -0.1) is 11.3 Å². The zero-order valence-corrected chi connectivity index (χ0v) is 12.7. The maximum atomic E-state index is 13.6. The number of aromatic nitrogens is 2. The molecule has 3 aromatic rings. The molecule has 0 aliphatic carbocycles. The first kappa shape index (κ1) is 14.6. The second-order valence-corrected chi connectivity index (χ2v) is 6.11. The molecule has 0 unspecified atom stereocenters. The first-order valence-electron chi connectivity index (χ1n) is 6.58. The van der Waals surface area contributed by atoms with Crippen LogP contribution in [0.4, 0.5) is 8.78 Å². The van der Waals surface area contributed by atoms with Crippen molar-refractivity contribution >= 4 is 28.2 Å². The van der Waals surface area contributed by atoms with Crippen molar-refractivity contribution in [3.05, 3.63) is 63.9 Å². The second kappa shape index (κ2) is 5.46. The summed E-state index contributed by atoms with van der Waals surface area (Å²) in [6.45, 7) is 3.82. The molecule has 0 saturated carbocycles. The van der Waals surface area contributed by atoms with Crippen molar-refractivity contribution < 1.29 is 13.6 Å². The van der Waals surface area contributed by atoms with Gasteiger partial charge in [0.05, 0.1) is 17.0 Å². The van der Waals surface area contributed by atoms with Gasteiger partial charge >= 0.3 is 0 Å². The van der Waals surface area contributed by atoms with Gasteiger partial charge in [0, 0.05) is 17.1 Å². The Hall–Kier alpha value is -2.34. The number of ketones is 1. The lowest BCUT2D eigenvalue weighted by molar-refractivity contribution is 0.104. The number of halogens is 2. The number of nitrogens with zero attached hydrogens (tertiary/aromatic N) is 2. The van der Waals surface area contributed by atoms with E-state index in [1.807, 2.05) is 24.4 Å². The van der Waals surface area contributed by atoms with Gasteiger partial charge in [0.25, 0.3) is 0 Å².